The Morgan fingerprint density at radius 3 is 1.08 bits per heavy atom. The van der Waals surface area contributed by atoms with Crippen molar-refractivity contribution in [2.24, 2.45) is 0 Å². The molecule has 750 valence electrons. The first-order valence-electron chi connectivity index (χ1n) is 46.5. The van der Waals surface area contributed by atoms with Crippen molar-refractivity contribution in [3.8, 4) is 0 Å². The summed E-state index contributed by atoms with van der Waals surface area (Å²) in [5.74, 6) is -17.5. The zero-order chi connectivity index (χ0) is 99.1. The average molecular weight is 1900 g/mol. The summed E-state index contributed by atoms with van der Waals surface area (Å²) in [4.78, 5) is 267. The van der Waals surface area contributed by atoms with Crippen molar-refractivity contribution in [3.05, 3.63) is 24.3 Å². The highest BCUT2D eigenvalue weighted by Crippen LogP contribution is 2.43. The third-order valence-corrected chi connectivity index (χ3v) is 20.8. The van der Waals surface area contributed by atoms with Gasteiger partial charge in [-0.3, -0.25) is 100 Å². The fourth-order valence-corrected chi connectivity index (χ4v) is 13.2. The monoisotopic (exact) mass is 1900 g/mol. The quantitative estimate of drug-likeness (QED) is 0.0118. The molecule has 0 aromatic rings. The lowest BCUT2D eigenvalue weighted by Crippen LogP contribution is -2.47. The standard InChI is InChI=1S/C47H69N9O22.C44H81O9P/c1-3-4-5-8-35(62)49-18-31(58)12-16-41(68)55(28-46(75)76)25-39(66)50-19-32(59)11-15-40(67)53(26-44(71)72)22-33(60)7-6-17-48-38(65)24-56(29-47(77)78)43(70)21-52-37(64)14-10-34(61)23-54(27-45(73)74)42(69)20-51-36(63)13-9-30(2)57;1-4-6-8-10-12-14-16-18-20-22-24-26-28-30-32-36-43(46)50-39-42(40-52-54(48,49)51-38-34-35-41(3)45)53-44(47)37-33-31-29-27-25-23-21-19-17-15-13-11-9-7-5-2/h3-29H2,1-2H3,(H,48,65)(H,49,62)(H,50,66)(H,51,63)(H,52,64)(H,71,72)(H,73,74)(H,75,76)(H,77,78);18-21,42H,4-17,22-40H2,1-3H3,(H,48,49)/b;20-18+,21-19+. The number of nitrogens with one attached hydrogen (secondary N) is 5. The fraction of sp³-hybridized carbons (Fsp3) is 0.725. The summed E-state index contributed by atoms with van der Waals surface area (Å²) in [5.41, 5.74) is 0. The van der Waals surface area contributed by atoms with E-state index in [2.05, 4.69) is 64.7 Å². The van der Waals surface area contributed by atoms with Crippen LogP contribution in [0, 0.1) is 0 Å². The molecule has 0 aromatic carbocycles. The zero-order valence-corrected chi connectivity index (χ0v) is 79.3. The molecular weight excluding hydrogens is 1750 g/mol. The number of carbonyl (C=O) groups is 21. The van der Waals surface area contributed by atoms with Crippen LogP contribution in [0.25, 0.3) is 0 Å². The van der Waals surface area contributed by atoms with Crippen LogP contribution in [0.4, 0.5) is 0 Å². The molecule has 0 saturated carbocycles. The molecule has 0 spiro atoms. The van der Waals surface area contributed by atoms with Crippen molar-refractivity contribution in [2.45, 2.75) is 323 Å². The van der Waals surface area contributed by atoms with E-state index in [0.29, 0.717) is 38.9 Å². The highest BCUT2D eigenvalue weighted by Gasteiger charge is 2.29. The van der Waals surface area contributed by atoms with E-state index in [1.165, 1.54) is 104 Å². The van der Waals surface area contributed by atoms with Gasteiger partial charge in [-0.25, -0.2) is 4.57 Å². The SMILES string of the molecule is CCCCCC(=O)NCC(=O)CCC(=O)N(CC(=O)O)CC(=O)NCC(=O)CCC(=O)N(CC(=O)O)CC(=O)CCCNC(=O)CN(CC(=O)O)C(=O)CNC(=O)CCC(=O)CN(CC(=O)O)C(=O)CNC(=O)CCC(C)=O.CCCCCCCC/C=C/CCCCCCCC(=O)OCC(COP(=O)(O)OCCCC(C)=O)OC(=O)CCCCCCC/C=C/CCCCCCCC. The molecule has 41 heteroatoms. The number of esters is 2. The first kappa shape index (κ1) is 124. The van der Waals surface area contributed by atoms with Crippen molar-refractivity contribution in [1.29, 1.82) is 0 Å². The molecule has 0 rings (SSSR count). The van der Waals surface area contributed by atoms with Crippen LogP contribution in [0.15, 0.2) is 24.3 Å². The second kappa shape index (κ2) is 80.3. The minimum atomic E-state index is -4.45. The van der Waals surface area contributed by atoms with Crippen LogP contribution >= 0.6 is 7.82 Å². The van der Waals surface area contributed by atoms with Crippen molar-refractivity contribution < 1.29 is 149 Å². The summed E-state index contributed by atoms with van der Waals surface area (Å²) in [6.45, 7) is -1.43. The van der Waals surface area contributed by atoms with Gasteiger partial charge in [-0.2, -0.15) is 0 Å². The molecule has 9 amide bonds. The van der Waals surface area contributed by atoms with Gasteiger partial charge in [-0.1, -0.05) is 161 Å². The highest BCUT2D eigenvalue weighted by molar-refractivity contribution is 7.47. The van der Waals surface area contributed by atoms with Crippen LogP contribution in [-0.2, 0) is 124 Å². The number of amides is 9. The maximum absolute atomic E-state index is 12.9. The molecule has 40 nitrogen and oxygen atoms in total. The third kappa shape index (κ3) is 78.3. The lowest BCUT2D eigenvalue weighted by Gasteiger charge is -2.21. The molecule has 0 fully saturated rings. The van der Waals surface area contributed by atoms with Gasteiger partial charge in [-0.15, -0.1) is 0 Å². The van der Waals surface area contributed by atoms with Crippen LogP contribution in [0.1, 0.15) is 317 Å². The lowest BCUT2D eigenvalue weighted by atomic mass is 10.1. The molecule has 0 radical (unpaired) electrons. The van der Waals surface area contributed by atoms with Gasteiger partial charge in [0.25, 0.3) is 0 Å². The maximum Gasteiger partial charge on any atom is 0.472 e. The van der Waals surface area contributed by atoms with Gasteiger partial charge in [0, 0.05) is 90.0 Å². The molecule has 2 atom stereocenters. The van der Waals surface area contributed by atoms with Gasteiger partial charge in [0.05, 0.1) is 52.5 Å². The molecule has 2 unspecified atom stereocenters. The van der Waals surface area contributed by atoms with Gasteiger partial charge in [0.2, 0.25) is 53.2 Å². The van der Waals surface area contributed by atoms with Gasteiger partial charge in [-0.05, 0) is 97.3 Å². The second-order valence-electron chi connectivity index (χ2n) is 32.3. The number of carboxylic acids is 4. The predicted octanol–water partition coefficient (Wildman–Crippen LogP) is 8.59. The number of allylic oxidation sites excluding steroid dienone is 4. The summed E-state index contributed by atoms with van der Waals surface area (Å²) in [6.07, 6.45) is 38.2. The number of phosphoric acid groups is 1. The number of unbranched alkanes of at least 4 members (excludes halogenated alkanes) is 24. The van der Waals surface area contributed by atoms with Crippen molar-refractivity contribution in [3.63, 3.8) is 0 Å². The van der Waals surface area contributed by atoms with Crippen LogP contribution in [0.5, 0.6) is 0 Å². The first-order chi connectivity index (χ1) is 62.8. The van der Waals surface area contributed by atoms with E-state index in [1.54, 1.807) is 0 Å². The Morgan fingerprint density at radius 2 is 0.644 bits per heavy atom. The predicted molar refractivity (Wildman–Crippen MR) is 484 cm³/mol. The number of carboxylic acid groups (broad SMARTS) is 4. The maximum atomic E-state index is 12.9. The minimum Gasteiger partial charge on any atom is -0.480 e. The van der Waals surface area contributed by atoms with E-state index in [1.807, 2.05) is 6.92 Å². The Labute approximate surface area is 775 Å². The number of ether oxygens (including phenoxy) is 2. The lowest BCUT2D eigenvalue weighted by molar-refractivity contribution is -0.161. The molecule has 132 heavy (non-hydrogen) atoms. The normalized spacial score (nSPS) is 11.6. The summed E-state index contributed by atoms with van der Waals surface area (Å²) >= 11 is 0. The minimum absolute atomic E-state index is 0.0471. The number of carbonyl (C=O) groups excluding carboxylic acids is 17. The van der Waals surface area contributed by atoms with Crippen molar-refractivity contribution >= 4 is 132 Å². The van der Waals surface area contributed by atoms with Crippen LogP contribution in [-0.4, -0.2) is 280 Å². The number of phosphoric ester groups is 1. The number of hydrogen-bond acceptors (Lipinski definition) is 26. The summed E-state index contributed by atoms with van der Waals surface area (Å²) in [5, 5.41) is 48.3. The number of hydrogen-bond donors (Lipinski definition) is 10. The Bertz CT molecular complexity index is 3670. The van der Waals surface area contributed by atoms with E-state index in [0.717, 1.165) is 77.0 Å². The second-order valence-corrected chi connectivity index (χ2v) is 33.8. The third-order valence-electron chi connectivity index (χ3n) is 19.9. The van der Waals surface area contributed by atoms with Gasteiger partial charge in [0.15, 0.2) is 29.2 Å². The first-order valence-corrected chi connectivity index (χ1v) is 48.0. The largest absolute Gasteiger partial charge is 0.480 e. The summed E-state index contributed by atoms with van der Waals surface area (Å²) in [6, 6.07) is 0. The molecule has 0 aliphatic rings. The number of aliphatic carboxylic acids is 4. The number of nitrogens with zero attached hydrogens (tertiary/aromatic N) is 4. The molecule has 0 aromatic heterocycles. The molecule has 0 heterocycles. The molecule has 0 saturated heterocycles. The average Bonchev–Trinajstić information content (AvgIpc) is 0.911. The zero-order valence-electron chi connectivity index (χ0n) is 78.4. The Hall–Kier alpha value is -10.3. The van der Waals surface area contributed by atoms with Crippen LogP contribution in [0.3, 0.4) is 0 Å². The molecule has 0 aliphatic carbocycles. The Kier molecular flexibility index (Phi) is 75.3. The molecular formula is C91H150N9O31P. The number of Topliss-reactive ketones (excluding diaryl/α,β-unsaturated/α-hetero) is 6. The van der Waals surface area contributed by atoms with E-state index < -0.39 is 231 Å². The van der Waals surface area contributed by atoms with Gasteiger partial charge < -0.3 is 90.6 Å². The number of ketones is 6. The molecule has 0 aliphatic heterocycles. The number of rotatable bonds is 85. The summed E-state index contributed by atoms with van der Waals surface area (Å²) in [7, 11) is -4.45. The van der Waals surface area contributed by atoms with Gasteiger partial charge in [0.1, 0.15) is 57.4 Å². The van der Waals surface area contributed by atoms with Crippen molar-refractivity contribution in [2.75, 3.05) is 105 Å². The molecule has 10 N–H and O–H groups in total. The van der Waals surface area contributed by atoms with Crippen molar-refractivity contribution in [1.82, 2.24) is 46.2 Å². The Balaban J connectivity index is 0. The van der Waals surface area contributed by atoms with Crippen LogP contribution < -0.4 is 26.6 Å². The smallest absolute Gasteiger partial charge is 0.472 e. The van der Waals surface area contributed by atoms with E-state index in [4.69, 9.17) is 23.6 Å². The fourth-order valence-electron chi connectivity index (χ4n) is 12.4. The Morgan fingerprint density at radius 1 is 0.303 bits per heavy atom. The highest BCUT2D eigenvalue weighted by atomic mass is 31.2. The topological polar surface area (TPSA) is 587 Å². The van der Waals surface area contributed by atoms with E-state index in [-0.39, 0.29) is 108 Å². The van der Waals surface area contributed by atoms with E-state index in [9.17, 15) is 125 Å². The van der Waals surface area contributed by atoms with Crippen LogP contribution in [0.2, 0.25) is 0 Å². The van der Waals surface area contributed by atoms with E-state index >= 15 is 0 Å². The summed E-state index contributed by atoms with van der Waals surface area (Å²) < 4.78 is 33.3. The van der Waals surface area contributed by atoms with Gasteiger partial charge >= 0.3 is 43.6 Å². The molecule has 0 bridgehead atoms.